The molecule has 0 bridgehead atoms. The minimum Gasteiger partial charge on any atom is -0.444 e. The predicted octanol–water partition coefficient (Wildman–Crippen LogP) is 17.2. The van der Waals surface area contributed by atoms with Gasteiger partial charge in [-0.1, -0.05) is 85.0 Å². The number of nitrogens with one attached hydrogen (secondary N) is 4. The Kier molecular flexibility index (Phi) is 25.7. The van der Waals surface area contributed by atoms with E-state index in [0.717, 1.165) is 143 Å². The van der Waals surface area contributed by atoms with Crippen LogP contribution in [0.3, 0.4) is 0 Å². The zero-order valence-electron chi connectivity index (χ0n) is 58.6. The number of fused-ring (bicyclic) bond motifs is 2. The lowest BCUT2D eigenvalue weighted by molar-refractivity contribution is 0.0208. The molecule has 8 aromatic rings. The van der Waals surface area contributed by atoms with Crippen LogP contribution in [-0.4, -0.2) is 132 Å². The number of likely N-dealkylation sites (tertiary alicyclic amines) is 4. The van der Waals surface area contributed by atoms with Crippen LogP contribution >= 0.6 is 54.0 Å². The average molecular weight is 1410 g/mol. The fourth-order valence-electron chi connectivity index (χ4n) is 12.6. The Morgan fingerprint density at radius 2 is 0.745 bits per heavy atom. The van der Waals surface area contributed by atoms with Crippen molar-refractivity contribution < 1.29 is 38.1 Å². The number of H-pyrrole nitrogens is 4. The largest absolute Gasteiger partial charge is 0.444 e. The minimum atomic E-state index is -0.533. The number of rotatable bonds is 12. The predicted molar refractivity (Wildman–Crippen MR) is 407 cm³/mol. The van der Waals surface area contributed by atoms with Gasteiger partial charge in [-0.2, -0.15) is 54.0 Å². The number of aromatic amines is 4. The van der Waals surface area contributed by atoms with E-state index in [1.54, 1.807) is 19.6 Å². The monoisotopic (exact) mass is 1410 g/mol. The van der Waals surface area contributed by atoms with Gasteiger partial charge >= 0.3 is 24.4 Å². The van der Waals surface area contributed by atoms with Crippen molar-refractivity contribution in [2.75, 3.05) is 26.2 Å². The Balaban J connectivity index is 0.000000265. The highest BCUT2D eigenvalue weighted by atomic mass is 32.1. The summed E-state index contributed by atoms with van der Waals surface area (Å²) < 4.78 is 22.5. The summed E-state index contributed by atoms with van der Waals surface area (Å²) in [6.07, 6.45) is 19.8. The Morgan fingerprint density at radius 1 is 0.418 bits per heavy atom. The SMILES string of the molecule is CC(C)(C)OC(=O)N1CCCC1c1ncc(-c2ccc(C=CCc3ccc4nc([C@@H]5CCCN5C(=O)OC(C)(C)C)[nH]c4c3)cc2)[nH]1.CC(C)(C)OC(=O)N1CCCC1c1ncc(-c2ccc(CC=Cc3ccc4nc([C@@H]5CCCN5C(=O)OC(C)(C)C)[nH]c4c3)cc2)[nH]1.S.S.S.S. The third-order valence-electron chi connectivity index (χ3n) is 16.9. The van der Waals surface area contributed by atoms with Gasteiger partial charge in [-0.15, -0.1) is 0 Å². The van der Waals surface area contributed by atoms with Crippen LogP contribution in [0.15, 0.2) is 109 Å². The lowest BCUT2D eigenvalue weighted by Crippen LogP contribution is -2.36. The van der Waals surface area contributed by atoms with Crippen molar-refractivity contribution in [1.29, 1.82) is 0 Å². The molecular formula is C74H100N12O8S4. The van der Waals surface area contributed by atoms with Crippen LogP contribution in [0.25, 0.3) is 56.7 Å². The summed E-state index contributed by atoms with van der Waals surface area (Å²) in [7, 11) is 0. The molecule has 4 aromatic carbocycles. The number of hydrogen-bond acceptors (Lipinski definition) is 12. The van der Waals surface area contributed by atoms with Gasteiger partial charge in [-0.25, -0.2) is 39.1 Å². The van der Waals surface area contributed by atoms with Gasteiger partial charge in [0.2, 0.25) is 0 Å². The second-order valence-electron chi connectivity index (χ2n) is 29.1. The standard InChI is InChI=1S/2C37H46N6O4.4H2S/c2*1-36(2,3)46-34(44)42-20-8-12-30(42)32-38-23-29(41-32)26-17-14-24(15-18-26)10-7-11-25-16-19-27-28(22-25)40-33(39-27)31-13-9-21-43(31)35(45)47-37(4,5)6;;;;/h7,11,14-19,22-23,30-31H,8-10,12-13,20-21H2,1-6H3,(H,38,41)(H,39,40);7,10,14-19,22-23,30-31H,8-9,11-13,20-21H2,1-6H3,(H,38,41)(H,39,40);4*1H2/t2*30?,31-;;;;/m00..../s1. The summed E-state index contributed by atoms with van der Waals surface area (Å²) in [5.41, 5.74) is 10.1. The van der Waals surface area contributed by atoms with Crippen LogP contribution in [0, 0.1) is 0 Å². The first kappa shape index (κ1) is 77.6. The molecule has 0 radical (unpaired) electrons. The van der Waals surface area contributed by atoms with Gasteiger partial charge in [0.05, 0.1) is 70.0 Å². The number of amides is 4. The molecule has 4 aromatic heterocycles. The zero-order valence-corrected chi connectivity index (χ0v) is 62.6. The molecule has 4 aliphatic heterocycles. The second-order valence-corrected chi connectivity index (χ2v) is 29.1. The van der Waals surface area contributed by atoms with Crippen molar-refractivity contribution in [3.8, 4) is 22.5 Å². The Hall–Kier alpha value is -7.80. The lowest BCUT2D eigenvalue weighted by Gasteiger charge is -2.27. The third-order valence-corrected chi connectivity index (χ3v) is 16.9. The summed E-state index contributed by atoms with van der Waals surface area (Å²) >= 11 is 0. The lowest BCUT2D eigenvalue weighted by atomic mass is 10.1. The minimum absolute atomic E-state index is 0. The van der Waals surface area contributed by atoms with Gasteiger partial charge in [-0.3, -0.25) is 19.6 Å². The molecule has 528 valence electrons. The van der Waals surface area contributed by atoms with Crippen molar-refractivity contribution in [2.24, 2.45) is 0 Å². The molecule has 4 fully saturated rings. The van der Waals surface area contributed by atoms with Crippen molar-refractivity contribution in [2.45, 2.75) is 194 Å². The van der Waals surface area contributed by atoms with Crippen molar-refractivity contribution in [1.82, 2.24) is 59.5 Å². The fraction of sp³-hybridized carbons (Fsp3) is 0.459. The summed E-state index contributed by atoms with van der Waals surface area (Å²) in [5.74, 6) is 3.19. The molecule has 4 aliphatic rings. The van der Waals surface area contributed by atoms with Crippen molar-refractivity contribution in [3.63, 3.8) is 0 Å². The number of hydrogen-bond donors (Lipinski definition) is 4. The van der Waals surface area contributed by atoms with Crippen LogP contribution in [0.5, 0.6) is 0 Å². The van der Waals surface area contributed by atoms with Gasteiger partial charge in [0, 0.05) is 26.2 Å². The molecule has 4 amide bonds. The number of nitrogens with zero attached hydrogens (tertiary/aromatic N) is 8. The van der Waals surface area contributed by atoms with E-state index in [2.05, 4.69) is 127 Å². The summed E-state index contributed by atoms with van der Waals surface area (Å²) in [5, 5.41) is 0. The quantitative estimate of drug-likeness (QED) is 0.0837. The summed E-state index contributed by atoms with van der Waals surface area (Å²) in [6.45, 7) is 25.3. The van der Waals surface area contributed by atoms with E-state index in [0.29, 0.717) is 26.2 Å². The summed E-state index contributed by atoms with van der Waals surface area (Å²) in [6, 6.07) is 28.8. The highest BCUT2D eigenvalue weighted by Gasteiger charge is 2.39. The molecule has 4 saturated heterocycles. The molecule has 4 N–H and O–H groups in total. The highest BCUT2D eigenvalue weighted by Crippen LogP contribution is 2.38. The van der Waals surface area contributed by atoms with Crippen LogP contribution < -0.4 is 0 Å². The van der Waals surface area contributed by atoms with Gasteiger partial charge in [0.15, 0.2) is 0 Å². The number of carbonyl (C=O) groups excluding carboxylic acids is 4. The van der Waals surface area contributed by atoms with E-state index in [9.17, 15) is 19.2 Å². The molecule has 0 spiro atoms. The van der Waals surface area contributed by atoms with Gasteiger partial charge in [0.1, 0.15) is 45.7 Å². The first-order valence-corrected chi connectivity index (χ1v) is 33.3. The van der Waals surface area contributed by atoms with Crippen LogP contribution in [-0.2, 0) is 31.8 Å². The zero-order chi connectivity index (χ0) is 66.7. The number of ether oxygens (including phenoxy) is 4. The van der Waals surface area contributed by atoms with Crippen LogP contribution in [0.2, 0.25) is 0 Å². The molecular weight excluding hydrogens is 1310 g/mol. The first-order chi connectivity index (χ1) is 44.7. The van der Waals surface area contributed by atoms with Gasteiger partial charge in [0.25, 0.3) is 0 Å². The van der Waals surface area contributed by atoms with E-state index >= 15 is 0 Å². The highest BCUT2D eigenvalue weighted by molar-refractivity contribution is 7.59. The normalized spacial score (nSPS) is 18.1. The smallest absolute Gasteiger partial charge is 0.410 e. The Labute approximate surface area is 604 Å². The Morgan fingerprint density at radius 3 is 1.14 bits per heavy atom. The maximum atomic E-state index is 12.8. The third kappa shape index (κ3) is 19.8. The number of imidazole rings is 4. The van der Waals surface area contributed by atoms with Crippen molar-refractivity contribution in [3.05, 3.63) is 155 Å². The number of aromatic nitrogens is 8. The molecule has 12 rings (SSSR count). The second kappa shape index (κ2) is 32.5. The number of benzene rings is 4. The average Bonchev–Trinajstić information content (AvgIpc) is 1.66. The maximum absolute atomic E-state index is 12.8. The first-order valence-electron chi connectivity index (χ1n) is 33.3. The molecule has 2 unspecified atom stereocenters. The van der Waals surface area contributed by atoms with Crippen LogP contribution in [0.1, 0.15) is 204 Å². The fourth-order valence-corrected chi connectivity index (χ4v) is 12.6. The topological polar surface area (TPSA) is 233 Å². The molecule has 0 saturated carbocycles. The number of allylic oxidation sites excluding steroid dienone is 2. The number of carbonyl (C=O) groups is 4. The molecule has 8 heterocycles. The molecule has 4 atom stereocenters. The van der Waals surface area contributed by atoms with Gasteiger partial charge in [-0.05, 0) is 205 Å². The molecule has 98 heavy (non-hydrogen) atoms. The van der Waals surface area contributed by atoms with Crippen molar-refractivity contribution >= 4 is 113 Å². The van der Waals surface area contributed by atoms with E-state index in [1.807, 2.05) is 108 Å². The van der Waals surface area contributed by atoms with E-state index in [4.69, 9.17) is 28.9 Å². The molecule has 24 heteroatoms. The van der Waals surface area contributed by atoms with E-state index in [1.165, 1.54) is 11.1 Å². The Bertz CT molecular complexity index is 4060. The van der Waals surface area contributed by atoms with Crippen LogP contribution in [0.4, 0.5) is 19.2 Å². The van der Waals surface area contributed by atoms with E-state index in [-0.39, 0.29) is 103 Å². The summed E-state index contributed by atoms with van der Waals surface area (Å²) in [4.78, 5) is 90.9. The van der Waals surface area contributed by atoms with E-state index < -0.39 is 22.4 Å². The molecule has 0 aliphatic carbocycles. The molecule has 20 nitrogen and oxygen atoms in total. The maximum Gasteiger partial charge on any atom is 0.410 e. The van der Waals surface area contributed by atoms with Gasteiger partial charge < -0.3 is 38.9 Å².